The van der Waals surface area contributed by atoms with Gasteiger partial charge in [0.05, 0.1) is 6.54 Å². The van der Waals surface area contributed by atoms with E-state index in [9.17, 15) is 4.79 Å². The summed E-state index contributed by atoms with van der Waals surface area (Å²) in [7, 11) is 0. The number of amides is 2. The molecule has 0 bridgehead atoms. The molecule has 2 amide bonds. The summed E-state index contributed by atoms with van der Waals surface area (Å²) < 4.78 is 0. The van der Waals surface area contributed by atoms with Crippen LogP contribution in [0.5, 0.6) is 0 Å². The third-order valence-corrected chi connectivity index (χ3v) is 5.94. The number of nitrogens with one attached hydrogen (secondary N) is 3. The van der Waals surface area contributed by atoms with Crippen molar-refractivity contribution in [3.63, 3.8) is 0 Å². The SMILES string of the molecule is CCNC(=NCc1cccc(NC(=O)N2CCCC2)c1)NC1CCN(C(C)C)CC1.I. The van der Waals surface area contributed by atoms with E-state index in [1.54, 1.807) is 0 Å². The van der Waals surface area contributed by atoms with Crippen LogP contribution in [0.2, 0.25) is 0 Å². The number of hydrogen-bond donors (Lipinski definition) is 3. The van der Waals surface area contributed by atoms with Crippen LogP contribution in [0.3, 0.4) is 0 Å². The molecule has 0 atom stereocenters. The average molecular weight is 543 g/mol. The fourth-order valence-corrected chi connectivity index (χ4v) is 4.11. The lowest BCUT2D eigenvalue weighted by Gasteiger charge is -2.35. The predicted octanol–water partition coefficient (Wildman–Crippen LogP) is 3.86. The number of aliphatic imine (C=N–C) groups is 1. The monoisotopic (exact) mass is 542 g/mol. The van der Waals surface area contributed by atoms with E-state index >= 15 is 0 Å². The minimum absolute atomic E-state index is 0. The summed E-state index contributed by atoms with van der Waals surface area (Å²) in [5.74, 6) is 0.868. The molecule has 0 spiro atoms. The number of benzene rings is 1. The molecule has 2 heterocycles. The molecule has 2 saturated heterocycles. The molecule has 7 nitrogen and oxygen atoms in total. The van der Waals surface area contributed by atoms with Gasteiger partial charge in [-0.25, -0.2) is 9.79 Å². The number of likely N-dealkylation sites (tertiary alicyclic amines) is 2. The van der Waals surface area contributed by atoms with Crippen LogP contribution in [0, 0.1) is 0 Å². The number of piperidine rings is 1. The zero-order valence-electron chi connectivity index (χ0n) is 19.2. The molecule has 3 N–H and O–H groups in total. The topological polar surface area (TPSA) is 72.0 Å². The zero-order chi connectivity index (χ0) is 21.3. The van der Waals surface area contributed by atoms with Crippen molar-refractivity contribution in [1.29, 1.82) is 0 Å². The van der Waals surface area contributed by atoms with Gasteiger partial charge in [0.2, 0.25) is 0 Å². The fourth-order valence-electron chi connectivity index (χ4n) is 4.11. The van der Waals surface area contributed by atoms with E-state index in [0.717, 1.165) is 75.6 Å². The van der Waals surface area contributed by atoms with Crippen LogP contribution in [-0.2, 0) is 6.54 Å². The second-order valence-electron chi connectivity index (χ2n) is 8.57. The van der Waals surface area contributed by atoms with Crippen molar-refractivity contribution < 1.29 is 4.79 Å². The van der Waals surface area contributed by atoms with Gasteiger partial charge in [-0.1, -0.05) is 12.1 Å². The van der Waals surface area contributed by atoms with Crippen molar-refractivity contribution in [3.8, 4) is 0 Å². The second-order valence-corrected chi connectivity index (χ2v) is 8.57. The summed E-state index contributed by atoms with van der Waals surface area (Å²) in [5, 5.41) is 9.99. The first kappa shape index (κ1) is 25.7. The molecule has 0 aliphatic carbocycles. The van der Waals surface area contributed by atoms with Crippen LogP contribution in [0.1, 0.15) is 52.0 Å². The number of anilines is 1. The highest BCUT2D eigenvalue weighted by atomic mass is 127. The first-order valence-electron chi connectivity index (χ1n) is 11.5. The minimum Gasteiger partial charge on any atom is -0.357 e. The molecule has 0 saturated carbocycles. The third kappa shape index (κ3) is 8.14. The van der Waals surface area contributed by atoms with Gasteiger partial charge < -0.3 is 25.8 Å². The molecule has 2 fully saturated rings. The van der Waals surface area contributed by atoms with Gasteiger partial charge >= 0.3 is 6.03 Å². The summed E-state index contributed by atoms with van der Waals surface area (Å²) in [4.78, 5) is 21.5. The van der Waals surface area contributed by atoms with Gasteiger partial charge in [0.25, 0.3) is 0 Å². The lowest BCUT2D eigenvalue weighted by atomic mass is 10.0. The maximum absolute atomic E-state index is 12.3. The Labute approximate surface area is 204 Å². The van der Waals surface area contributed by atoms with Crippen LogP contribution < -0.4 is 16.0 Å². The van der Waals surface area contributed by atoms with Crippen LogP contribution >= 0.6 is 24.0 Å². The smallest absolute Gasteiger partial charge is 0.321 e. The molecule has 174 valence electrons. The summed E-state index contributed by atoms with van der Waals surface area (Å²) in [6.45, 7) is 12.0. The Kier molecular flexibility index (Phi) is 10.9. The summed E-state index contributed by atoms with van der Waals surface area (Å²) >= 11 is 0. The molecule has 1 aromatic carbocycles. The lowest BCUT2D eigenvalue weighted by molar-refractivity contribution is 0.167. The highest BCUT2D eigenvalue weighted by Crippen LogP contribution is 2.15. The van der Waals surface area contributed by atoms with Crippen molar-refractivity contribution in [2.75, 3.05) is 38.0 Å². The van der Waals surface area contributed by atoms with Gasteiger partial charge in [0.15, 0.2) is 5.96 Å². The van der Waals surface area contributed by atoms with E-state index in [2.05, 4.69) is 47.7 Å². The molecule has 0 unspecified atom stereocenters. The van der Waals surface area contributed by atoms with Crippen LogP contribution in [-0.4, -0.2) is 66.6 Å². The molecule has 2 aliphatic rings. The molecule has 3 rings (SSSR count). The van der Waals surface area contributed by atoms with E-state index in [4.69, 9.17) is 4.99 Å². The van der Waals surface area contributed by atoms with Gasteiger partial charge in [-0.2, -0.15) is 0 Å². The zero-order valence-corrected chi connectivity index (χ0v) is 21.5. The van der Waals surface area contributed by atoms with Crippen molar-refractivity contribution in [3.05, 3.63) is 29.8 Å². The Morgan fingerprint density at radius 3 is 2.52 bits per heavy atom. The van der Waals surface area contributed by atoms with E-state index in [1.165, 1.54) is 0 Å². The Balaban J connectivity index is 0.00000341. The predicted molar refractivity (Wildman–Crippen MR) is 139 cm³/mol. The van der Waals surface area contributed by atoms with Crippen LogP contribution in [0.4, 0.5) is 10.5 Å². The fraction of sp³-hybridized carbons (Fsp3) is 0.652. The molecule has 2 aliphatic heterocycles. The molecule has 31 heavy (non-hydrogen) atoms. The molecule has 1 aromatic rings. The molecular weight excluding hydrogens is 503 g/mol. The second kappa shape index (κ2) is 13.1. The Hall–Kier alpha value is -1.55. The molecular formula is C23H39IN6O. The van der Waals surface area contributed by atoms with Crippen molar-refractivity contribution in [2.45, 2.75) is 65.1 Å². The van der Waals surface area contributed by atoms with Gasteiger partial charge in [0, 0.05) is 50.5 Å². The minimum atomic E-state index is -0.00380. The normalized spacial score (nSPS) is 18.1. The maximum atomic E-state index is 12.3. The maximum Gasteiger partial charge on any atom is 0.321 e. The number of urea groups is 1. The average Bonchev–Trinajstić information content (AvgIpc) is 3.28. The number of carbonyl (C=O) groups is 1. The quantitative estimate of drug-likeness (QED) is 0.290. The first-order valence-corrected chi connectivity index (χ1v) is 11.5. The van der Waals surface area contributed by atoms with Crippen LogP contribution in [0.15, 0.2) is 29.3 Å². The van der Waals surface area contributed by atoms with E-state index in [1.807, 2.05) is 23.1 Å². The number of rotatable bonds is 6. The summed E-state index contributed by atoms with van der Waals surface area (Å²) in [6.07, 6.45) is 4.47. The largest absolute Gasteiger partial charge is 0.357 e. The standard InChI is InChI=1S/C23H38N6O.HI/c1-4-24-22(26-20-10-14-28(15-11-20)18(2)3)25-17-19-8-7-9-21(16-19)27-23(30)29-12-5-6-13-29;/h7-9,16,18,20H,4-6,10-15,17H2,1-3H3,(H,27,30)(H2,24,25,26);1H. The Morgan fingerprint density at radius 2 is 1.87 bits per heavy atom. The van der Waals surface area contributed by atoms with Gasteiger partial charge in [-0.3, -0.25) is 0 Å². The highest BCUT2D eigenvalue weighted by Gasteiger charge is 2.21. The lowest BCUT2D eigenvalue weighted by Crippen LogP contribution is -2.49. The van der Waals surface area contributed by atoms with Crippen molar-refractivity contribution in [2.24, 2.45) is 4.99 Å². The van der Waals surface area contributed by atoms with E-state index < -0.39 is 0 Å². The number of nitrogens with zero attached hydrogens (tertiary/aromatic N) is 3. The van der Waals surface area contributed by atoms with Gasteiger partial charge in [-0.15, -0.1) is 24.0 Å². The van der Waals surface area contributed by atoms with E-state index in [-0.39, 0.29) is 30.0 Å². The first-order chi connectivity index (χ1) is 14.5. The number of hydrogen-bond acceptors (Lipinski definition) is 3. The number of guanidine groups is 1. The highest BCUT2D eigenvalue weighted by molar-refractivity contribution is 14.0. The van der Waals surface area contributed by atoms with Crippen molar-refractivity contribution in [1.82, 2.24) is 20.4 Å². The van der Waals surface area contributed by atoms with Gasteiger partial charge in [0.1, 0.15) is 0 Å². The summed E-state index contributed by atoms with van der Waals surface area (Å²) in [6, 6.07) is 9.06. The van der Waals surface area contributed by atoms with Crippen molar-refractivity contribution >= 4 is 41.7 Å². The molecule has 0 radical (unpaired) electrons. The molecule has 0 aromatic heterocycles. The summed E-state index contributed by atoms with van der Waals surface area (Å²) in [5.41, 5.74) is 1.92. The van der Waals surface area contributed by atoms with Crippen LogP contribution in [0.25, 0.3) is 0 Å². The van der Waals surface area contributed by atoms with Gasteiger partial charge in [-0.05, 0) is 64.2 Å². The van der Waals surface area contributed by atoms with E-state index in [0.29, 0.717) is 18.6 Å². The number of carbonyl (C=O) groups excluding carboxylic acids is 1. The Bertz CT molecular complexity index is 712. The Morgan fingerprint density at radius 1 is 1.16 bits per heavy atom. The number of halogens is 1. The third-order valence-electron chi connectivity index (χ3n) is 5.94. The molecule has 8 heteroatoms.